The molecule has 0 atom stereocenters. The van der Waals surface area contributed by atoms with Crippen molar-refractivity contribution >= 4 is 29.7 Å². The number of hydrogen-bond acceptors (Lipinski definition) is 6. The molecule has 32 heavy (non-hydrogen) atoms. The second-order valence-electron chi connectivity index (χ2n) is 6.71. The van der Waals surface area contributed by atoms with Gasteiger partial charge in [0, 0.05) is 5.69 Å². The highest BCUT2D eigenvalue weighted by atomic mass is 16.5. The third-order valence-corrected chi connectivity index (χ3v) is 4.29. The SMILES string of the molecule is COc1ccc(C(=O)Oc2cccc(/C=N/NC(=O)C(=O)Nc3ccc(C)cc3)c2)cc1. The van der Waals surface area contributed by atoms with Gasteiger partial charge in [-0.3, -0.25) is 9.59 Å². The zero-order valence-electron chi connectivity index (χ0n) is 17.5. The third kappa shape index (κ3) is 6.27. The lowest BCUT2D eigenvalue weighted by molar-refractivity contribution is -0.136. The molecule has 3 rings (SSSR count). The van der Waals surface area contributed by atoms with Crippen LogP contribution in [0.4, 0.5) is 5.69 Å². The van der Waals surface area contributed by atoms with E-state index < -0.39 is 17.8 Å². The molecule has 162 valence electrons. The predicted octanol–water partition coefficient (Wildman–Crippen LogP) is 3.31. The minimum Gasteiger partial charge on any atom is -0.497 e. The summed E-state index contributed by atoms with van der Waals surface area (Å²) in [7, 11) is 1.54. The average molecular weight is 431 g/mol. The Balaban J connectivity index is 1.55. The average Bonchev–Trinajstić information content (AvgIpc) is 2.80. The number of hydrazone groups is 1. The smallest absolute Gasteiger partial charge is 0.343 e. The fraction of sp³-hybridized carbons (Fsp3) is 0.0833. The first-order valence-corrected chi connectivity index (χ1v) is 9.62. The number of hydrogen-bond donors (Lipinski definition) is 2. The molecule has 2 N–H and O–H groups in total. The lowest BCUT2D eigenvalue weighted by Gasteiger charge is -2.06. The number of carbonyl (C=O) groups is 3. The van der Waals surface area contributed by atoms with Gasteiger partial charge in [-0.15, -0.1) is 0 Å². The zero-order valence-corrected chi connectivity index (χ0v) is 17.5. The number of esters is 1. The first-order chi connectivity index (χ1) is 15.4. The van der Waals surface area contributed by atoms with Gasteiger partial charge < -0.3 is 14.8 Å². The molecule has 2 amide bonds. The van der Waals surface area contributed by atoms with E-state index in [1.807, 2.05) is 19.1 Å². The molecular formula is C24H21N3O5. The molecule has 0 unspecified atom stereocenters. The van der Waals surface area contributed by atoms with Crippen molar-refractivity contribution in [1.82, 2.24) is 5.43 Å². The van der Waals surface area contributed by atoms with Crippen LogP contribution in [0.25, 0.3) is 0 Å². The summed E-state index contributed by atoms with van der Waals surface area (Å²) in [5.41, 5.74) is 4.63. The van der Waals surface area contributed by atoms with Crippen molar-refractivity contribution in [2.24, 2.45) is 5.10 Å². The number of aryl methyl sites for hydroxylation is 1. The van der Waals surface area contributed by atoms with Crippen molar-refractivity contribution in [2.75, 3.05) is 12.4 Å². The van der Waals surface area contributed by atoms with Crippen LogP contribution in [0, 0.1) is 6.92 Å². The van der Waals surface area contributed by atoms with E-state index in [4.69, 9.17) is 9.47 Å². The van der Waals surface area contributed by atoms with Gasteiger partial charge in [0.25, 0.3) is 0 Å². The zero-order chi connectivity index (χ0) is 22.9. The number of amides is 2. The lowest BCUT2D eigenvalue weighted by Crippen LogP contribution is -2.32. The molecule has 0 aliphatic heterocycles. The minimum atomic E-state index is -0.913. The quantitative estimate of drug-likeness (QED) is 0.205. The van der Waals surface area contributed by atoms with Crippen LogP contribution in [-0.2, 0) is 9.59 Å². The van der Waals surface area contributed by atoms with Gasteiger partial charge in [-0.2, -0.15) is 5.10 Å². The molecule has 0 spiro atoms. The van der Waals surface area contributed by atoms with Crippen LogP contribution in [0.15, 0.2) is 77.9 Å². The van der Waals surface area contributed by atoms with Crippen molar-refractivity contribution in [3.8, 4) is 11.5 Å². The molecule has 0 aliphatic rings. The van der Waals surface area contributed by atoms with Gasteiger partial charge in [0.05, 0.1) is 18.9 Å². The minimum absolute atomic E-state index is 0.304. The molecule has 0 aliphatic carbocycles. The van der Waals surface area contributed by atoms with Crippen LogP contribution in [0.5, 0.6) is 11.5 Å². The van der Waals surface area contributed by atoms with Gasteiger partial charge >= 0.3 is 17.8 Å². The van der Waals surface area contributed by atoms with Gasteiger partial charge in [-0.05, 0) is 61.0 Å². The third-order valence-electron chi connectivity index (χ3n) is 4.29. The van der Waals surface area contributed by atoms with Gasteiger partial charge in [0.1, 0.15) is 11.5 Å². The highest BCUT2D eigenvalue weighted by Gasteiger charge is 2.13. The Morgan fingerprint density at radius 2 is 1.59 bits per heavy atom. The molecule has 0 bridgehead atoms. The molecule has 8 heteroatoms. The number of benzene rings is 3. The Morgan fingerprint density at radius 3 is 2.28 bits per heavy atom. The van der Waals surface area contributed by atoms with Crippen LogP contribution in [0.1, 0.15) is 21.5 Å². The number of nitrogens with one attached hydrogen (secondary N) is 2. The molecule has 0 saturated carbocycles. The maximum atomic E-state index is 12.3. The van der Waals surface area contributed by atoms with Crippen LogP contribution >= 0.6 is 0 Å². The van der Waals surface area contributed by atoms with Gasteiger partial charge in [-0.25, -0.2) is 10.2 Å². The fourth-order valence-corrected chi connectivity index (χ4v) is 2.59. The first-order valence-electron chi connectivity index (χ1n) is 9.62. The second-order valence-corrected chi connectivity index (χ2v) is 6.71. The number of ether oxygens (including phenoxy) is 2. The van der Waals surface area contributed by atoms with Crippen LogP contribution < -0.4 is 20.2 Å². The van der Waals surface area contributed by atoms with E-state index in [1.165, 1.54) is 6.21 Å². The van der Waals surface area contributed by atoms with Crippen molar-refractivity contribution < 1.29 is 23.9 Å². The highest BCUT2D eigenvalue weighted by Crippen LogP contribution is 2.16. The summed E-state index contributed by atoms with van der Waals surface area (Å²) < 4.78 is 10.4. The van der Waals surface area contributed by atoms with Gasteiger partial charge in [-0.1, -0.05) is 29.8 Å². The van der Waals surface area contributed by atoms with E-state index in [0.717, 1.165) is 5.56 Å². The topological polar surface area (TPSA) is 106 Å². The van der Waals surface area contributed by atoms with Gasteiger partial charge in [0.15, 0.2) is 0 Å². The molecule has 0 saturated heterocycles. The molecule has 0 fully saturated rings. The molecule has 3 aromatic carbocycles. The molecule has 0 heterocycles. The Morgan fingerprint density at radius 1 is 0.875 bits per heavy atom. The summed E-state index contributed by atoms with van der Waals surface area (Å²) in [5, 5.41) is 6.26. The van der Waals surface area contributed by atoms with Crippen LogP contribution in [0.3, 0.4) is 0 Å². The summed E-state index contributed by atoms with van der Waals surface area (Å²) in [6.45, 7) is 1.92. The van der Waals surface area contributed by atoms with Crippen molar-refractivity contribution in [1.29, 1.82) is 0 Å². The Bertz CT molecular complexity index is 1140. The van der Waals surface area contributed by atoms with E-state index in [0.29, 0.717) is 28.3 Å². The van der Waals surface area contributed by atoms with Crippen molar-refractivity contribution in [2.45, 2.75) is 6.92 Å². The highest BCUT2D eigenvalue weighted by molar-refractivity contribution is 6.39. The molecule has 0 radical (unpaired) electrons. The monoisotopic (exact) mass is 431 g/mol. The largest absolute Gasteiger partial charge is 0.497 e. The molecule has 0 aromatic heterocycles. The van der Waals surface area contributed by atoms with Gasteiger partial charge in [0.2, 0.25) is 0 Å². The molecular weight excluding hydrogens is 410 g/mol. The van der Waals surface area contributed by atoms with Crippen LogP contribution in [-0.4, -0.2) is 31.1 Å². The number of nitrogens with zero attached hydrogens (tertiary/aromatic N) is 1. The van der Waals surface area contributed by atoms with E-state index in [9.17, 15) is 14.4 Å². The maximum absolute atomic E-state index is 12.3. The molecule has 3 aromatic rings. The lowest BCUT2D eigenvalue weighted by atomic mass is 10.2. The number of rotatable bonds is 6. The summed E-state index contributed by atoms with van der Waals surface area (Å²) in [5.74, 6) is -1.34. The van der Waals surface area contributed by atoms with Crippen LogP contribution in [0.2, 0.25) is 0 Å². The second kappa shape index (κ2) is 10.5. The number of anilines is 1. The summed E-state index contributed by atoms with van der Waals surface area (Å²) in [6, 6.07) is 20.1. The fourth-order valence-electron chi connectivity index (χ4n) is 2.59. The van der Waals surface area contributed by atoms with E-state index in [2.05, 4.69) is 15.8 Å². The van der Waals surface area contributed by atoms with E-state index >= 15 is 0 Å². The summed E-state index contributed by atoms with van der Waals surface area (Å²) in [6.07, 6.45) is 1.34. The Labute approximate surface area is 184 Å². The van der Waals surface area contributed by atoms with E-state index in [1.54, 1.807) is 67.8 Å². The van der Waals surface area contributed by atoms with Crippen molar-refractivity contribution in [3.63, 3.8) is 0 Å². The Kier molecular flexibility index (Phi) is 7.32. The first kappa shape index (κ1) is 22.2. The maximum Gasteiger partial charge on any atom is 0.343 e. The molecule has 8 nitrogen and oxygen atoms in total. The normalized spacial score (nSPS) is 10.4. The predicted molar refractivity (Wildman–Crippen MR) is 120 cm³/mol. The van der Waals surface area contributed by atoms with E-state index in [-0.39, 0.29) is 0 Å². The van der Waals surface area contributed by atoms with Crippen molar-refractivity contribution in [3.05, 3.63) is 89.5 Å². The standard InChI is InChI=1S/C24H21N3O5/c1-16-6-10-19(11-7-16)26-22(28)23(29)27-25-15-17-4-3-5-21(14-17)32-24(30)18-8-12-20(31-2)13-9-18/h3-15H,1-2H3,(H,26,28)(H,27,29)/b25-15+. The summed E-state index contributed by atoms with van der Waals surface area (Å²) in [4.78, 5) is 36.1. The number of carbonyl (C=O) groups excluding carboxylic acids is 3. The number of methoxy groups -OCH3 is 1. The summed E-state index contributed by atoms with van der Waals surface area (Å²) >= 11 is 0. The Hall–Kier alpha value is -4.46.